The summed E-state index contributed by atoms with van der Waals surface area (Å²) in [4.78, 5) is 56.1. The molecule has 280 valence electrons. The van der Waals surface area contributed by atoms with Gasteiger partial charge in [0.15, 0.2) is 0 Å². The van der Waals surface area contributed by atoms with Crippen LogP contribution in [0.3, 0.4) is 0 Å². The van der Waals surface area contributed by atoms with Crippen LogP contribution in [0.15, 0.2) is 36.4 Å². The number of nitriles is 2. The predicted molar refractivity (Wildman–Crippen MR) is 194 cm³/mol. The molecule has 2 saturated heterocycles. The summed E-state index contributed by atoms with van der Waals surface area (Å²) in [5.41, 5.74) is 2.05. The van der Waals surface area contributed by atoms with Crippen LogP contribution in [0, 0.1) is 22.7 Å². The van der Waals surface area contributed by atoms with Gasteiger partial charge in [0.25, 0.3) is 0 Å². The lowest BCUT2D eigenvalue weighted by molar-refractivity contribution is 0.0230. The lowest BCUT2D eigenvalue weighted by Crippen LogP contribution is -2.50. The molecule has 2 aliphatic rings. The van der Waals surface area contributed by atoms with Crippen LogP contribution in [0.2, 0.25) is 0 Å². The monoisotopic (exact) mass is 718 g/mol. The van der Waals surface area contributed by atoms with Crippen molar-refractivity contribution in [2.75, 3.05) is 75.4 Å². The normalized spacial score (nSPS) is 14.6. The molecular weight excluding hydrogens is 668 g/mol. The zero-order chi connectivity index (χ0) is 38.6. The molecular formula is C38H50N6O8. The molecule has 0 atom stereocenters. The second-order valence-electron chi connectivity index (χ2n) is 14.0. The van der Waals surface area contributed by atoms with Crippen molar-refractivity contribution in [3.05, 3.63) is 58.7 Å². The first-order chi connectivity index (χ1) is 24.5. The third kappa shape index (κ3) is 11.8. The Balaban J connectivity index is 0.000000280. The maximum absolute atomic E-state index is 12.2. The third-order valence-electron chi connectivity index (χ3n) is 7.79. The van der Waals surface area contributed by atoms with Crippen LogP contribution in [0.1, 0.15) is 87.2 Å². The number of amides is 2. The van der Waals surface area contributed by atoms with Crippen molar-refractivity contribution in [2.24, 2.45) is 0 Å². The molecule has 52 heavy (non-hydrogen) atoms. The van der Waals surface area contributed by atoms with Gasteiger partial charge < -0.3 is 38.5 Å². The lowest BCUT2D eigenvalue weighted by atomic mass is 10.1. The zero-order valence-electron chi connectivity index (χ0n) is 31.5. The van der Waals surface area contributed by atoms with E-state index in [4.69, 9.17) is 29.5 Å². The van der Waals surface area contributed by atoms with Gasteiger partial charge in [-0.05, 0) is 91.8 Å². The first-order valence-corrected chi connectivity index (χ1v) is 17.4. The smallest absolute Gasteiger partial charge is 0.410 e. The number of ether oxygens (including phenoxy) is 4. The largest absolute Gasteiger partial charge is 0.462 e. The summed E-state index contributed by atoms with van der Waals surface area (Å²) in [5, 5.41) is 18.3. The molecule has 0 bridgehead atoms. The fraction of sp³-hybridized carbons (Fsp3) is 0.526. The molecule has 0 saturated carbocycles. The maximum Gasteiger partial charge on any atom is 0.410 e. The Morgan fingerprint density at radius 3 is 1.19 bits per heavy atom. The molecule has 0 radical (unpaired) electrons. The van der Waals surface area contributed by atoms with E-state index < -0.39 is 23.1 Å². The van der Waals surface area contributed by atoms with E-state index in [2.05, 4.69) is 12.1 Å². The van der Waals surface area contributed by atoms with E-state index in [-0.39, 0.29) is 25.4 Å². The van der Waals surface area contributed by atoms with Crippen molar-refractivity contribution in [1.82, 2.24) is 9.80 Å². The van der Waals surface area contributed by atoms with E-state index >= 15 is 0 Å². The molecule has 0 aromatic heterocycles. The number of esters is 2. The number of hydrogen-bond donors (Lipinski definition) is 0. The summed E-state index contributed by atoms with van der Waals surface area (Å²) >= 11 is 0. The number of benzene rings is 2. The van der Waals surface area contributed by atoms with Crippen molar-refractivity contribution >= 4 is 35.5 Å². The SMILES string of the molecule is CCOC(=O)c1ccc(C#N)cc1N1CCN(C(=O)OC(C)(C)C)CC1.CCOC(=O)c1ccc(C#N)cc1N1CCN(C(=O)OC(C)(C)C)CC1. The Labute approximate surface area is 306 Å². The van der Waals surface area contributed by atoms with Crippen molar-refractivity contribution in [3.63, 3.8) is 0 Å². The molecule has 2 aromatic rings. The van der Waals surface area contributed by atoms with E-state index in [0.29, 0.717) is 86.0 Å². The van der Waals surface area contributed by atoms with Crippen LogP contribution in [-0.4, -0.2) is 111 Å². The highest BCUT2D eigenvalue weighted by Crippen LogP contribution is 2.27. The molecule has 0 N–H and O–H groups in total. The number of nitrogens with zero attached hydrogens (tertiary/aromatic N) is 6. The standard InChI is InChI=1S/2C19H25N3O4/c2*1-5-25-17(23)15-7-6-14(13-20)12-16(15)21-8-10-22(11-9-21)18(24)26-19(2,3)4/h2*6-7,12H,5,8-11H2,1-4H3. The fourth-order valence-corrected chi connectivity index (χ4v) is 5.40. The van der Waals surface area contributed by atoms with Gasteiger partial charge >= 0.3 is 24.1 Å². The third-order valence-corrected chi connectivity index (χ3v) is 7.79. The van der Waals surface area contributed by atoms with Gasteiger partial charge in [-0.2, -0.15) is 10.5 Å². The molecule has 2 amide bonds. The number of rotatable bonds is 6. The van der Waals surface area contributed by atoms with Crippen LogP contribution in [0.4, 0.5) is 21.0 Å². The number of hydrogen-bond acceptors (Lipinski definition) is 12. The Kier molecular flexibility index (Phi) is 14.3. The highest BCUT2D eigenvalue weighted by atomic mass is 16.6. The Morgan fingerprint density at radius 2 is 0.923 bits per heavy atom. The number of piperazine rings is 2. The van der Waals surface area contributed by atoms with E-state index in [0.717, 1.165) is 0 Å². The number of carbonyl (C=O) groups excluding carboxylic acids is 4. The average Bonchev–Trinajstić information content (AvgIpc) is 3.10. The van der Waals surface area contributed by atoms with Crippen LogP contribution in [0.25, 0.3) is 0 Å². The van der Waals surface area contributed by atoms with Gasteiger partial charge in [0.05, 0.1) is 59.0 Å². The maximum atomic E-state index is 12.2. The van der Waals surface area contributed by atoms with Gasteiger partial charge in [-0.15, -0.1) is 0 Å². The van der Waals surface area contributed by atoms with E-state index in [1.54, 1.807) is 60.0 Å². The van der Waals surface area contributed by atoms with Gasteiger partial charge in [-0.3, -0.25) is 0 Å². The topological polar surface area (TPSA) is 166 Å². The Morgan fingerprint density at radius 1 is 0.596 bits per heavy atom. The van der Waals surface area contributed by atoms with E-state index in [9.17, 15) is 19.2 Å². The quantitative estimate of drug-likeness (QED) is 0.269. The van der Waals surface area contributed by atoms with Gasteiger partial charge in [-0.25, -0.2) is 19.2 Å². The van der Waals surface area contributed by atoms with Crippen LogP contribution in [-0.2, 0) is 18.9 Å². The first-order valence-electron chi connectivity index (χ1n) is 17.4. The van der Waals surface area contributed by atoms with Crippen LogP contribution in [0.5, 0.6) is 0 Å². The molecule has 2 heterocycles. The molecule has 2 aliphatic heterocycles. The van der Waals surface area contributed by atoms with Crippen LogP contribution < -0.4 is 9.80 Å². The molecule has 0 unspecified atom stereocenters. The predicted octanol–water partition coefficient (Wildman–Crippen LogP) is 5.58. The highest BCUT2D eigenvalue weighted by molar-refractivity contribution is 5.97. The summed E-state index contributed by atoms with van der Waals surface area (Å²) in [6.45, 7) is 19.2. The summed E-state index contributed by atoms with van der Waals surface area (Å²) in [6, 6.07) is 14.0. The zero-order valence-corrected chi connectivity index (χ0v) is 31.5. The molecule has 2 fully saturated rings. The second kappa shape index (κ2) is 18.1. The molecule has 0 aliphatic carbocycles. The molecule has 14 nitrogen and oxygen atoms in total. The lowest BCUT2D eigenvalue weighted by Gasteiger charge is -2.37. The van der Waals surface area contributed by atoms with Crippen molar-refractivity contribution in [3.8, 4) is 12.1 Å². The second-order valence-corrected chi connectivity index (χ2v) is 14.0. The van der Waals surface area contributed by atoms with E-state index in [1.807, 2.05) is 51.3 Å². The van der Waals surface area contributed by atoms with Crippen LogP contribution >= 0.6 is 0 Å². The molecule has 14 heteroatoms. The number of carbonyl (C=O) groups is 4. The molecule has 2 aromatic carbocycles. The molecule has 0 spiro atoms. The summed E-state index contributed by atoms with van der Waals surface area (Å²) in [6.07, 6.45) is -0.679. The first kappa shape index (κ1) is 40.9. The minimum atomic E-state index is -0.535. The van der Waals surface area contributed by atoms with Gasteiger partial charge in [0.2, 0.25) is 0 Å². The summed E-state index contributed by atoms with van der Waals surface area (Å²) in [7, 11) is 0. The average molecular weight is 719 g/mol. The minimum Gasteiger partial charge on any atom is -0.462 e. The van der Waals surface area contributed by atoms with Gasteiger partial charge in [0.1, 0.15) is 11.2 Å². The highest BCUT2D eigenvalue weighted by Gasteiger charge is 2.29. The Hall–Kier alpha value is -5.50. The fourth-order valence-electron chi connectivity index (χ4n) is 5.40. The van der Waals surface area contributed by atoms with Gasteiger partial charge in [-0.1, -0.05) is 0 Å². The number of anilines is 2. The minimum absolute atomic E-state index is 0.282. The van der Waals surface area contributed by atoms with Crippen molar-refractivity contribution in [1.29, 1.82) is 10.5 Å². The summed E-state index contributed by atoms with van der Waals surface area (Å²) in [5.74, 6) is -0.830. The summed E-state index contributed by atoms with van der Waals surface area (Å²) < 4.78 is 21.0. The van der Waals surface area contributed by atoms with E-state index in [1.165, 1.54) is 0 Å². The van der Waals surface area contributed by atoms with Crippen molar-refractivity contribution in [2.45, 2.75) is 66.6 Å². The Bertz CT molecular complexity index is 1540. The van der Waals surface area contributed by atoms with Crippen molar-refractivity contribution < 1.29 is 38.1 Å². The van der Waals surface area contributed by atoms with Gasteiger partial charge in [0, 0.05) is 52.4 Å². The molecule has 4 rings (SSSR count).